The van der Waals surface area contributed by atoms with Crippen LogP contribution in [0.15, 0.2) is 18.2 Å². The number of benzene rings is 1. The van der Waals surface area contributed by atoms with E-state index in [4.69, 9.17) is 4.74 Å². The molecule has 7 nitrogen and oxygen atoms in total. The van der Waals surface area contributed by atoms with Crippen LogP contribution in [0.1, 0.15) is 38.7 Å². The van der Waals surface area contributed by atoms with E-state index in [1.54, 1.807) is 6.92 Å². The van der Waals surface area contributed by atoms with E-state index < -0.39 is 6.09 Å². The first-order valence-electron chi connectivity index (χ1n) is 8.67. The van der Waals surface area contributed by atoms with Gasteiger partial charge in [0.15, 0.2) is 0 Å². The predicted octanol–water partition coefficient (Wildman–Crippen LogP) is 3.47. The minimum atomic E-state index is -0.592. The highest BCUT2D eigenvalue weighted by molar-refractivity contribution is 5.93. The van der Waals surface area contributed by atoms with Gasteiger partial charge in [0, 0.05) is 5.39 Å². The van der Waals surface area contributed by atoms with Crippen molar-refractivity contribution in [2.45, 2.75) is 46.1 Å². The Kier molecular flexibility index (Phi) is 6.94. The van der Waals surface area contributed by atoms with Crippen molar-refractivity contribution in [2.75, 3.05) is 23.8 Å². The molecule has 2 aromatic rings. The minimum Gasteiger partial charge on any atom is -0.450 e. The molecule has 7 heteroatoms. The monoisotopic (exact) mass is 346 g/mol. The van der Waals surface area contributed by atoms with Crippen LogP contribution in [0.4, 0.5) is 16.6 Å². The number of aromatic nitrogens is 2. The Hall–Kier alpha value is -2.41. The van der Waals surface area contributed by atoms with Crippen LogP contribution in [0.25, 0.3) is 10.9 Å². The first-order chi connectivity index (χ1) is 12.1. The van der Waals surface area contributed by atoms with Gasteiger partial charge in [0.05, 0.1) is 24.8 Å². The van der Waals surface area contributed by atoms with Gasteiger partial charge in [0.25, 0.3) is 0 Å². The van der Waals surface area contributed by atoms with E-state index in [1.807, 2.05) is 25.1 Å². The summed E-state index contributed by atoms with van der Waals surface area (Å²) in [6.45, 7) is 6.08. The zero-order valence-corrected chi connectivity index (χ0v) is 15.0. The Bertz CT molecular complexity index is 721. The molecule has 0 aliphatic heterocycles. The highest BCUT2D eigenvalue weighted by Gasteiger charge is 2.15. The molecule has 136 valence electrons. The number of aliphatic hydroxyl groups excluding tert-OH is 1. The third kappa shape index (κ3) is 5.03. The van der Waals surface area contributed by atoms with Crippen molar-refractivity contribution in [1.29, 1.82) is 0 Å². The second-order valence-electron chi connectivity index (χ2n) is 5.88. The van der Waals surface area contributed by atoms with Gasteiger partial charge in [0.1, 0.15) is 5.82 Å². The lowest BCUT2D eigenvalue weighted by molar-refractivity contribution is 0.167. The van der Waals surface area contributed by atoms with Crippen LogP contribution in [0, 0.1) is 6.92 Å². The van der Waals surface area contributed by atoms with Crippen LogP contribution < -0.4 is 10.6 Å². The van der Waals surface area contributed by atoms with Gasteiger partial charge in [0.2, 0.25) is 5.95 Å². The highest BCUT2D eigenvalue weighted by atomic mass is 16.5. The summed E-state index contributed by atoms with van der Waals surface area (Å²) < 4.78 is 4.89. The maximum absolute atomic E-state index is 11.7. The highest BCUT2D eigenvalue weighted by Crippen LogP contribution is 2.25. The number of carbonyl (C=O) groups is 1. The SMILES string of the molecule is CCCC[C@H](CO)Nc1nc(NC(=O)OCC)nc2c(C)cccc12. The average Bonchev–Trinajstić information content (AvgIpc) is 2.59. The molecule has 1 aromatic heterocycles. The Morgan fingerprint density at radius 3 is 2.80 bits per heavy atom. The number of aryl methyl sites for hydroxylation is 1. The molecule has 1 atom stereocenters. The molecular weight excluding hydrogens is 320 g/mol. The van der Waals surface area contributed by atoms with Gasteiger partial charge in [-0.3, -0.25) is 5.32 Å². The van der Waals surface area contributed by atoms with Crippen LogP contribution in [0.5, 0.6) is 0 Å². The fourth-order valence-electron chi connectivity index (χ4n) is 2.57. The van der Waals surface area contributed by atoms with Crippen molar-refractivity contribution in [3.63, 3.8) is 0 Å². The number of rotatable bonds is 8. The summed E-state index contributed by atoms with van der Waals surface area (Å²) in [5.41, 5.74) is 1.72. The number of nitrogens with zero attached hydrogens (tertiary/aromatic N) is 2. The Morgan fingerprint density at radius 2 is 2.12 bits per heavy atom. The van der Waals surface area contributed by atoms with Crippen molar-refractivity contribution in [2.24, 2.45) is 0 Å². The first-order valence-corrected chi connectivity index (χ1v) is 8.67. The molecule has 0 unspecified atom stereocenters. The number of nitrogens with one attached hydrogen (secondary N) is 2. The van der Waals surface area contributed by atoms with Crippen molar-refractivity contribution in [3.05, 3.63) is 23.8 Å². The molecule has 0 saturated heterocycles. The Morgan fingerprint density at radius 1 is 1.32 bits per heavy atom. The lowest BCUT2D eigenvalue weighted by Crippen LogP contribution is -2.25. The van der Waals surface area contributed by atoms with E-state index in [0.717, 1.165) is 35.7 Å². The molecule has 2 rings (SSSR count). The zero-order chi connectivity index (χ0) is 18.2. The third-order valence-electron chi connectivity index (χ3n) is 3.88. The largest absolute Gasteiger partial charge is 0.450 e. The summed E-state index contributed by atoms with van der Waals surface area (Å²) in [6.07, 6.45) is 2.31. The molecule has 1 heterocycles. The summed E-state index contributed by atoms with van der Waals surface area (Å²) in [6, 6.07) is 5.71. The predicted molar refractivity (Wildman–Crippen MR) is 98.9 cm³/mol. The molecule has 0 radical (unpaired) electrons. The number of amides is 1. The van der Waals surface area contributed by atoms with E-state index in [0.29, 0.717) is 5.82 Å². The second-order valence-corrected chi connectivity index (χ2v) is 5.88. The van der Waals surface area contributed by atoms with Crippen LogP contribution in [0.3, 0.4) is 0 Å². The van der Waals surface area contributed by atoms with Gasteiger partial charge in [-0.15, -0.1) is 0 Å². The lowest BCUT2D eigenvalue weighted by Gasteiger charge is -2.19. The molecule has 0 saturated carbocycles. The number of ether oxygens (including phenoxy) is 1. The molecule has 0 bridgehead atoms. The standard InChI is InChI=1S/C18H26N4O3/c1-4-6-9-13(11-23)19-16-14-10-7-8-12(3)15(14)20-17(21-16)22-18(24)25-5-2/h7-8,10,13,23H,4-6,9,11H2,1-3H3,(H2,19,20,21,22,24)/t13-/m1/s1. The van der Waals surface area contributed by atoms with Crippen LogP contribution in [-0.2, 0) is 4.74 Å². The van der Waals surface area contributed by atoms with Gasteiger partial charge in [-0.25, -0.2) is 9.78 Å². The first kappa shape index (κ1) is 18.9. The topological polar surface area (TPSA) is 96.4 Å². The van der Waals surface area contributed by atoms with Gasteiger partial charge in [-0.2, -0.15) is 4.98 Å². The van der Waals surface area contributed by atoms with E-state index in [1.165, 1.54) is 0 Å². The normalized spacial score (nSPS) is 12.0. The maximum Gasteiger partial charge on any atom is 0.414 e. The molecule has 3 N–H and O–H groups in total. The van der Waals surface area contributed by atoms with E-state index in [2.05, 4.69) is 27.5 Å². The quantitative estimate of drug-likeness (QED) is 0.677. The fourth-order valence-corrected chi connectivity index (χ4v) is 2.57. The minimum absolute atomic E-state index is 0.0119. The summed E-state index contributed by atoms with van der Waals surface area (Å²) in [5, 5.41) is 16.3. The zero-order valence-electron chi connectivity index (χ0n) is 15.0. The molecule has 0 fully saturated rings. The van der Waals surface area contributed by atoms with Gasteiger partial charge >= 0.3 is 6.09 Å². The Labute approximate surface area is 147 Å². The number of unbranched alkanes of at least 4 members (excludes halogenated alkanes) is 1. The maximum atomic E-state index is 11.7. The summed E-state index contributed by atoms with van der Waals surface area (Å²) in [7, 11) is 0. The smallest absolute Gasteiger partial charge is 0.414 e. The number of carbonyl (C=O) groups excluding carboxylic acids is 1. The molecule has 0 aliphatic rings. The van der Waals surface area contributed by atoms with Crippen molar-refractivity contribution < 1.29 is 14.6 Å². The van der Waals surface area contributed by atoms with E-state index >= 15 is 0 Å². The van der Waals surface area contributed by atoms with Crippen molar-refractivity contribution in [3.8, 4) is 0 Å². The fraction of sp³-hybridized carbons (Fsp3) is 0.500. The van der Waals surface area contributed by atoms with Crippen molar-refractivity contribution >= 4 is 28.8 Å². The summed E-state index contributed by atoms with van der Waals surface area (Å²) in [5.74, 6) is 0.769. The molecule has 0 spiro atoms. The van der Waals surface area contributed by atoms with Crippen molar-refractivity contribution in [1.82, 2.24) is 9.97 Å². The average molecular weight is 346 g/mol. The van der Waals surface area contributed by atoms with Crippen LogP contribution in [0.2, 0.25) is 0 Å². The van der Waals surface area contributed by atoms with E-state index in [9.17, 15) is 9.90 Å². The van der Waals surface area contributed by atoms with Gasteiger partial charge in [-0.05, 0) is 31.9 Å². The molecule has 25 heavy (non-hydrogen) atoms. The molecule has 0 aliphatic carbocycles. The van der Waals surface area contributed by atoms with Crippen LogP contribution >= 0.6 is 0 Å². The van der Waals surface area contributed by atoms with Crippen LogP contribution in [-0.4, -0.2) is 40.4 Å². The second kappa shape index (κ2) is 9.17. The number of para-hydroxylation sites is 1. The third-order valence-corrected chi connectivity index (χ3v) is 3.88. The lowest BCUT2D eigenvalue weighted by atomic mass is 10.1. The summed E-state index contributed by atoms with van der Waals surface area (Å²) in [4.78, 5) is 20.5. The number of anilines is 2. The van der Waals surface area contributed by atoms with Gasteiger partial charge < -0.3 is 15.2 Å². The Balaban J connectivity index is 2.38. The number of hydrogen-bond donors (Lipinski definition) is 3. The van der Waals surface area contributed by atoms with Gasteiger partial charge in [-0.1, -0.05) is 31.9 Å². The summed E-state index contributed by atoms with van der Waals surface area (Å²) >= 11 is 0. The number of hydrogen-bond acceptors (Lipinski definition) is 6. The molecular formula is C18H26N4O3. The van der Waals surface area contributed by atoms with E-state index in [-0.39, 0.29) is 25.2 Å². The molecule has 1 amide bonds. The number of aliphatic hydroxyl groups is 1. The molecule has 1 aromatic carbocycles. The number of fused-ring (bicyclic) bond motifs is 1.